The van der Waals surface area contributed by atoms with Gasteiger partial charge in [-0.1, -0.05) is 6.58 Å². The summed E-state index contributed by atoms with van der Waals surface area (Å²) in [6, 6.07) is 0. The molecule has 0 heterocycles. The minimum atomic E-state index is 0.159. The zero-order chi connectivity index (χ0) is 7.11. The Morgan fingerprint density at radius 1 is 1.56 bits per heavy atom. The Morgan fingerprint density at radius 2 is 2.22 bits per heavy atom. The largest absolute Gasteiger partial charge is 0.395 e. The van der Waals surface area contributed by atoms with E-state index in [2.05, 4.69) is 6.58 Å². The quantitative estimate of drug-likeness (QED) is 0.521. The molecule has 0 aliphatic heterocycles. The fraction of sp³-hybridized carbons (Fsp3) is 0.667. The number of rotatable bonds is 5. The Morgan fingerprint density at radius 3 is 2.56 bits per heavy atom. The summed E-state index contributed by atoms with van der Waals surface area (Å²) in [7, 11) is 0. The van der Waals surface area contributed by atoms with Crippen LogP contribution >= 0.6 is 0 Å². The summed E-state index contributed by atoms with van der Waals surface area (Å²) >= 11 is 0. The van der Waals surface area contributed by atoms with Gasteiger partial charge in [-0.3, -0.25) is 0 Å². The fourth-order valence-corrected chi connectivity index (χ4v) is 0.589. The van der Waals surface area contributed by atoms with Crippen LogP contribution in [0.15, 0.2) is 12.8 Å². The van der Waals surface area contributed by atoms with Crippen molar-refractivity contribution >= 4 is 0 Å². The Labute approximate surface area is 55.8 Å². The van der Waals surface area contributed by atoms with Crippen molar-refractivity contribution in [3.8, 4) is 0 Å². The van der Waals surface area contributed by atoms with Gasteiger partial charge in [-0.25, -0.2) is 0 Å². The van der Waals surface area contributed by atoms with Gasteiger partial charge < -0.3 is 15.7 Å². The van der Waals surface area contributed by atoms with Gasteiger partial charge in [-0.05, 0) is 6.20 Å². The first kappa shape index (κ1) is 8.46. The third-order valence-corrected chi connectivity index (χ3v) is 1.06. The van der Waals surface area contributed by atoms with E-state index < -0.39 is 0 Å². The van der Waals surface area contributed by atoms with E-state index in [1.54, 1.807) is 6.20 Å². The molecule has 0 rings (SSSR count). The molecule has 0 aromatic heterocycles. The number of nitrogens with zero attached hydrogens (tertiary/aromatic N) is 1. The van der Waals surface area contributed by atoms with E-state index in [0.29, 0.717) is 13.1 Å². The summed E-state index contributed by atoms with van der Waals surface area (Å²) in [4.78, 5) is 1.88. The molecule has 0 saturated heterocycles. The third-order valence-electron chi connectivity index (χ3n) is 1.06. The van der Waals surface area contributed by atoms with E-state index in [0.717, 1.165) is 6.54 Å². The van der Waals surface area contributed by atoms with Crippen LogP contribution in [0.25, 0.3) is 0 Å². The SMILES string of the molecule is C=CN(CCN)CCO. The molecule has 0 amide bonds. The maximum atomic E-state index is 8.46. The maximum absolute atomic E-state index is 8.46. The molecule has 0 saturated carbocycles. The lowest BCUT2D eigenvalue weighted by Gasteiger charge is -2.16. The summed E-state index contributed by atoms with van der Waals surface area (Å²) in [5.74, 6) is 0. The minimum Gasteiger partial charge on any atom is -0.395 e. The van der Waals surface area contributed by atoms with Crippen molar-refractivity contribution in [2.45, 2.75) is 0 Å². The van der Waals surface area contributed by atoms with Crippen LogP contribution in [-0.2, 0) is 0 Å². The highest BCUT2D eigenvalue weighted by atomic mass is 16.3. The first-order chi connectivity index (χ1) is 4.35. The summed E-state index contributed by atoms with van der Waals surface area (Å²) in [6.07, 6.45) is 1.68. The summed E-state index contributed by atoms with van der Waals surface area (Å²) < 4.78 is 0. The highest BCUT2D eigenvalue weighted by Crippen LogP contribution is 1.83. The minimum absolute atomic E-state index is 0.159. The third kappa shape index (κ3) is 4.00. The molecule has 54 valence electrons. The van der Waals surface area contributed by atoms with Gasteiger partial charge in [0.2, 0.25) is 0 Å². The van der Waals surface area contributed by atoms with Crippen LogP contribution in [-0.4, -0.2) is 36.2 Å². The molecule has 3 heteroatoms. The van der Waals surface area contributed by atoms with E-state index in [-0.39, 0.29) is 6.61 Å². The van der Waals surface area contributed by atoms with Crippen LogP contribution in [0.5, 0.6) is 0 Å². The van der Waals surface area contributed by atoms with Crippen molar-refractivity contribution in [3.05, 3.63) is 12.8 Å². The zero-order valence-electron chi connectivity index (χ0n) is 5.58. The van der Waals surface area contributed by atoms with Crippen molar-refractivity contribution < 1.29 is 5.11 Å². The number of aliphatic hydroxyl groups is 1. The van der Waals surface area contributed by atoms with E-state index in [9.17, 15) is 0 Å². The number of aliphatic hydroxyl groups excluding tert-OH is 1. The summed E-state index contributed by atoms with van der Waals surface area (Å²) in [5.41, 5.74) is 5.26. The molecule has 0 spiro atoms. The molecule has 0 aliphatic carbocycles. The van der Waals surface area contributed by atoms with Crippen LogP contribution in [0.4, 0.5) is 0 Å². The van der Waals surface area contributed by atoms with Gasteiger partial charge in [0.15, 0.2) is 0 Å². The molecule has 3 N–H and O–H groups in total. The second-order valence-corrected chi connectivity index (χ2v) is 1.73. The van der Waals surface area contributed by atoms with E-state index >= 15 is 0 Å². The lowest BCUT2D eigenvalue weighted by Crippen LogP contribution is -2.26. The normalized spacial score (nSPS) is 9.11. The molecule has 0 aromatic rings. The molecule has 0 bridgehead atoms. The maximum Gasteiger partial charge on any atom is 0.0606 e. The number of hydrogen-bond acceptors (Lipinski definition) is 3. The second-order valence-electron chi connectivity index (χ2n) is 1.73. The fourth-order valence-electron chi connectivity index (χ4n) is 0.589. The smallest absolute Gasteiger partial charge is 0.0606 e. The number of hydrogen-bond donors (Lipinski definition) is 2. The van der Waals surface area contributed by atoms with Gasteiger partial charge in [0, 0.05) is 19.6 Å². The van der Waals surface area contributed by atoms with Gasteiger partial charge in [0.1, 0.15) is 0 Å². The molecule has 0 unspecified atom stereocenters. The first-order valence-corrected chi connectivity index (χ1v) is 3.02. The number of nitrogens with two attached hydrogens (primary N) is 1. The van der Waals surface area contributed by atoms with E-state index in [1.807, 2.05) is 4.90 Å². The van der Waals surface area contributed by atoms with Crippen LogP contribution < -0.4 is 5.73 Å². The van der Waals surface area contributed by atoms with Crippen molar-refractivity contribution in [2.24, 2.45) is 5.73 Å². The van der Waals surface area contributed by atoms with Crippen molar-refractivity contribution in [2.75, 3.05) is 26.2 Å². The summed E-state index contributed by atoms with van der Waals surface area (Å²) in [6.45, 7) is 5.71. The predicted molar refractivity (Wildman–Crippen MR) is 37.9 cm³/mol. The highest BCUT2D eigenvalue weighted by Gasteiger charge is 1.92. The molecule has 0 atom stereocenters. The van der Waals surface area contributed by atoms with Crippen LogP contribution in [0, 0.1) is 0 Å². The van der Waals surface area contributed by atoms with Crippen molar-refractivity contribution in [1.82, 2.24) is 4.90 Å². The monoisotopic (exact) mass is 130 g/mol. The van der Waals surface area contributed by atoms with Crippen molar-refractivity contribution in [3.63, 3.8) is 0 Å². The molecule has 0 radical (unpaired) electrons. The van der Waals surface area contributed by atoms with Gasteiger partial charge in [0.25, 0.3) is 0 Å². The zero-order valence-corrected chi connectivity index (χ0v) is 5.58. The van der Waals surface area contributed by atoms with Crippen LogP contribution in [0.1, 0.15) is 0 Å². The molecule has 3 nitrogen and oxygen atoms in total. The molecular weight excluding hydrogens is 116 g/mol. The Bertz CT molecular complexity index is 69.5. The second kappa shape index (κ2) is 5.59. The molecule has 0 aromatic carbocycles. The molecule has 0 fully saturated rings. The standard InChI is InChI=1S/C6H14N2O/c1-2-8(4-3-7)5-6-9/h2,9H,1,3-7H2. The average molecular weight is 130 g/mol. The topological polar surface area (TPSA) is 49.5 Å². The first-order valence-electron chi connectivity index (χ1n) is 3.02. The Kier molecular flexibility index (Phi) is 5.26. The lowest BCUT2D eigenvalue weighted by atomic mass is 10.5. The van der Waals surface area contributed by atoms with Gasteiger partial charge in [-0.15, -0.1) is 0 Å². The summed E-state index contributed by atoms with van der Waals surface area (Å²) in [5, 5.41) is 8.46. The van der Waals surface area contributed by atoms with Gasteiger partial charge in [0.05, 0.1) is 6.61 Å². The predicted octanol–water partition coefficient (Wildman–Crippen LogP) is -0.617. The highest BCUT2D eigenvalue weighted by molar-refractivity contribution is 4.69. The van der Waals surface area contributed by atoms with Crippen LogP contribution in [0.2, 0.25) is 0 Å². The molecular formula is C6H14N2O. The Hall–Kier alpha value is -0.540. The lowest BCUT2D eigenvalue weighted by molar-refractivity contribution is 0.239. The molecule has 0 aliphatic rings. The molecule has 9 heavy (non-hydrogen) atoms. The van der Waals surface area contributed by atoms with E-state index in [4.69, 9.17) is 10.8 Å². The van der Waals surface area contributed by atoms with E-state index in [1.165, 1.54) is 0 Å². The van der Waals surface area contributed by atoms with Gasteiger partial charge >= 0.3 is 0 Å². The Balaban J connectivity index is 3.29. The van der Waals surface area contributed by atoms with Crippen LogP contribution in [0.3, 0.4) is 0 Å². The average Bonchev–Trinajstić information content (AvgIpc) is 1.88. The van der Waals surface area contributed by atoms with Gasteiger partial charge in [-0.2, -0.15) is 0 Å². The van der Waals surface area contributed by atoms with Crippen molar-refractivity contribution in [1.29, 1.82) is 0 Å².